The van der Waals surface area contributed by atoms with Gasteiger partial charge in [0.05, 0.1) is 43.1 Å². The lowest BCUT2D eigenvalue weighted by Crippen LogP contribution is -2.36. The van der Waals surface area contributed by atoms with Crippen molar-refractivity contribution in [3.05, 3.63) is 70.9 Å². The SMILES string of the molecule is COc1ccc(C(C=O)c2cc(-c3ncnc4cc(N5CCOCC5)ccc34)c(F)cc2Cl)nn1. The van der Waals surface area contributed by atoms with Gasteiger partial charge in [0, 0.05) is 40.8 Å². The smallest absolute Gasteiger partial charge is 0.233 e. The number of hydrogen-bond acceptors (Lipinski definition) is 8. The quantitative estimate of drug-likeness (QED) is 0.371. The fourth-order valence-corrected chi connectivity index (χ4v) is 4.44. The molecular formula is C25H21ClFN5O3. The average molecular weight is 494 g/mol. The van der Waals surface area contributed by atoms with Crippen molar-refractivity contribution in [1.82, 2.24) is 20.2 Å². The Morgan fingerprint density at radius 1 is 1.11 bits per heavy atom. The molecule has 4 aromatic rings. The van der Waals surface area contributed by atoms with Gasteiger partial charge in [0.2, 0.25) is 5.88 Å². The number of benzene rings is 2. The maximum Gasteiger partial charge on any atom is 0.233 e. The number of methoxy groups -OCH3 is 1. The van der Waals surface area contributed by atoms with E-state index in [1.165, 1.54) is 19.5 Å². The Morgan fingerprint density at radius 2 is 1.94 bits per heavy atom. The maximum absolute atomic E-state index is 15.2. The molecule has 3 heterocycles. The minimum atomic E-state index is -0.846. The van der Waals surface area contributed by atoms with Crippen LogP contribution in [0, 0.1) is 5.82 Å². The van der Waals surface area contributed by atoms with Crippen LogP contribution in [0.1, 0.15) is 17.2 Å². The van der Waals surface area contributed by atoms with Crippen LogP contribution in [0.4, 0.5) is 10.1 Å². The zero-order valence-corrected chi connectivity index (χ0v) is 19.6. The van der Waals surface area contributed by atoms with Crippen LogP contribution in [-0.2, 0) is 9.53 Å². The third kappa shape index (κ3) is 4.52. The van der Waals surface area contributed by atoms with Crippen LogP contribution in [0.15, 0.2) is 48.8 Å². The second-order valence-corrected chi connectivity index (χ2v) is 8.40. The number of aromatic nitrogens is 4. The standard InChI is InChI=1S/C25H21ClFN5O3/c1-34-24-5-4-22(30-31-24)19(13-33)17-11-18(21(27)12-20(17)26)25-16-3-2-15(10-23(16)28-14-29-25)32-6-8-35-9-7-32/h2-5,10-14,19H,6-9H2,1H3. The van der Waals surface area contributed by atoms with Gasteiger partial charge in [0.15, 0.2) is 0 Å². The predicted octanol–water partition coefficient (Wildman–Crippen LogP) is 4.06. The molecule has 0 spiro atoms. The molecule has 0 radical (unpaired) electrons. The molecule has 2 aromatic heterocycles. The highest BCUT2D eigenvalue weighted by molar-refractivity contribution is 6.31. The first kappa shape index (κ1) is 23.1. The molecule has 10 heteroatoms. The number of aldehydes is 1. The number of nitrogens with zero attached hydrogens (tertiary/aromatic N) is 5. The number of ether oxygens (including phenoxy) is 2. The summed E-state index contributed by atoms with van der Waals surface area (Å²) in [5.41, 5.74) is 3.08. The Bertz CT molecular complexity index is 1380. The Morgan fingerprint density at radius 3 is 2.66 bits per heavy atom. The Labute approximate surface area is 205 Å². The van der Waals surface area contributed by atoms with Gasteiger partial charge in [-0.3, -0.25) is 0 Å². The topological polar surface area (TPSA) is 90.3 Å². The van der Waals surface area contributed by atoms with Crippen molar-refractivity contribution < 1.29 is 18.7 Å². The van der Waals surface area contributed by atoms with Crippen molar-refractivity contribution in [3.8, 4) is 17.1 Å². The third-order valence-electron chi connectivity index (χ3n) is 6.00. The number of carbonyl (C=O) groups excluding carboxylic acids is 1. The van der Waals surface area contributed by atoms with E-state index in [-0.39, 0.29) is 10.6 Å². The molecule has 0 bridgehead atoms. The van der Waals surface area contributed by atoms with E-state index in [1.54, 1.807) is 18.2 Å². The summed E-state index contributed by atoms with van der Waals surface area (Å²) in [7, 11) is 1.47. The van der Waals surface area contributed by atoms with Crippen molar-refractivity contribution in [3.63, 3.8) is 0 Å². The normalized spacial score (nSPS) is 14.7. The van der Waals surface area contributed by atoms with E-state index in [2.05, 4.69) is 25.1 Å². The van der Waals surface area contributed by atoms with Crippen molar-refractivity contribution in [1.29, 1.82) is 0 Å². The Balaban J connectivity index is 1.58. The van der Waals surface area contributed by atoms with E-state index in [1.807, 2.05) is 18.2 Å². The van der Waals surface area contributed by atoms with Gasteiger partial charge in [-0.1, -0.05) is 11.6 Å². The highest BCUT2D eigenvalue weighted by Gasteiger charge is 2.23. The number of rotatable bonds is 6. The lowest BCUT2D eigenvalue weighted by Gasteiger charge is -2.29. The van der Waals surface area contributed by atoms with Crippen LogP contribution in [0.2, 0.25) is 5.02 Å². The summed E-state index contributed by atoms with van der Waals surface area (Å²) >= 11 is 6.38. The summed E-state index contributed by atoms with van der Waals surface area (Å²) < 4.78 is 25.6. The van der Waals surface area contributed by atoms with E-state index >= 15 is 4.39 Å². The Kier molecular flexibility index (Phi) is 6.52. The first-order chi connectivity index (χ1) is 17.1. The highest BCUT2D eigenvalue weighted by Crippen LogP contribution is 2.36. The number of halogens is 2. The second kappa shape index (κ2) is 9.89. The Hall–Kier alpha value is -3.69. The zero-order chi connectivity index (χ0) is 24.4. The number of anilines is 1. The fraction of sp³-hybridized carbons (Fsp3) is 0.240. The van der Waals surface area contributed by atoms with Crippen molar-refractivity contribution in [2.24, 2.45) is 0 Å². The summed E-state index contributed by atoms with van der Waals surface area (Å²) in [6.07, 6.45) is 2.10. The van der Waals surface area contributed by atoms with E-state index in [9.17, 15) is 4.79 Å². The van der Waals surface area contributed by atoms with E-state index in [0.717, 1.165) is 18.8 Å². The van der Waals surface area contributed by atoms with Gasteiger partial charge in [0.25, 0.3) is 0 Å². The molecule has 1 unspecified atom stereocenters. The van der Waals surface area contributed by atoms with Crippen LogP contribution in [0.5, 0.6) is 5.88 Å². The van der Waals surface area contributed by atoms with Gasteiger partial charge in [-0.2, -0.15) is 5.10 Å². The molecule has 0 saturated carbocycles. The summed E-state index contributed by atoms with van der Waals surface area (Å²) in [5, 5.41) is 8.78. The molecule has 8 nitrogen and oxygen atoms in total. The number of carbonyl (C=O) groups is 1. The molecule has 35 heavy (non-hydrogen) atoms. The van der Waals surface area contributed by atoms with Crippen LogP contribution in [0.25, 0.3) is 22.2 Å². The number of fused-ring (bicyclic) bond motifs is 1. The number of hydrogen-bond donors (Lipinski definition) is 0. The monoisotopic (exact) mass is 493 g/mol. The van der Waals surface area contributed by atoms with Crippen LogP contribution < -0.4 is 9.64 Å². The second-order valence-electron chi connectivity index (χ2n) is 7.99. The van der Waals surface area contributed by atoms with Gasteiger partial charge in [-0.25, -0.2) is 14.4 Å². The van der Waals surface area contributed by atoms with Crippen LogP contribution >= 0.6 is 11.6 Å². The first-order valence-corrected chi connectivity index (χ1v) is 11.4. The number of morpholine rings is 1. The molecule has 1 saturated heterocycles. The third-order valence-corrected chi connectivity index (χ3v) is 6.32. The van der Waals surface area contributed by atoms with Gasteiger partial charge in [-0.15, -0.1) is 5.10 Å². The summed E-state index contributed by atoms with van der Waals surface area (Å²) in [4.78, 5) is 23.0. The predicted molar refractivity (Wildman–Crippen MR) is 129 cm³/mol. The molecule has 0 N–H and O–H groups in total. The lowest BCUT2D eigenvalue weighted by molar-refractivity contribution is -0.108. The molecule has 0 amide bonds. The maximum atomic E-state index is 15.2. The van der Waals surface area contributed by atoms with Gasteiger partial charge in [0.1, 0.15) is 18.4 Å². The minimum absolute atomic E-state index is 0.105. The summed E-state index contributed by atoms with van der Waals surface area (Å²) in [6, 6.07) is 11.8. The van der Waals surface area contributed by atoms with Crippen LogP contribution in [-0.4, -0.2) is 59.9 Å². The first-order valence-electron chi connectivity index (χ1n) is 11.0. The fourth-order valence-electron chi connectivity index (χ4n) is 4.17. The average Bonchev–Trinajstić information content (AvgIpc) is 2.90. The molecule has 1 aliphatic rings. The highest BCUT2D eigenvalue weighted by atomic mass is 35.5. The minimum Gasteiger partial charge on any atom is -0.480 e. The van der Waals surface area contributed by atoms with Crippen LogP contribution in [0.3, 0.4) is 0 Å². The summed E-state index contributed by atoms with van der Waals surface area (Å²) in [6.45, 7) is 2.92. The van der Waals surface area contributed by atoms with E-state index in [4.69, 9.17) is 21.1 Å². The van der Waals surface area contributed by atoms with Gasteiger partial charge in [-0.05, 0) is 42.0 Å². The largest absolute Gasteiger partial charge is 0.480 e. The molecule has 5 rings (SSSR count). The zero-order valence-electron chi connectivity index (χ0n) is 18.8. The molecule has 1 fully saturated rings. The summed E-state index contributed by atoms with van der Waals surface area (Å²) in [5.74, 6) is -1.09. The molecule has 1 aliphatic heterocycles. The molecule has 1 atom stereocenters. The van der Waals surface area contributed by atoms with E-state index in [0.29, 0.717) is 53.2 Å². The molecule has 2 aromatic carbocycles. The van der Waals surface area contributed by atoms with Crippen molar-refractivity contribution in [2.75, 3.05) is 38.3 Å². The lowest BCUT2D eigenvalue weighted by atomic mass is 9.93. The van der Waals surface area contributed by atoms with Gasteiger partial charge < -0.3 is 19.2 Å². The molecule has 0 aliphatic carbocycles. The van der Waals surface area contributed by atoms with Crippen molar-refractivity contribution in [2.45, 2.75) is 5.92 Å². The van der Waals surface area contributed by atoms with E-state index < -0.39 is 11.7 Å². The van der Waals surface area contributed by atoms with Crippen molar-refractivity contribution >= 4 is 34.5 Å². The van der Waals surface area contributed by atoms with Gasteiger partial charge >= 0.3 is 0 Å². The molecular weight excluding hydrogens is 473 g/mol. The molecule has 178 valence electrons.